The Kier molecular flexibility index (Phi) is 10.5. The molecule has 0 radical (unpaired) electrons. The van der Waals surface area contributed by atoms with Crippen LogP contribution in [0.3, 0.4) is 0 Å². The molecule has 0 unspecified atom stereocenters. The van der Waals surface area contributed by atoms with Gasteiger partial charge in [0.1, 0.15) is 0 Å². The van der Waals surface area contributed by atoms with Crippen molar-refractivity contribution >= 4 is 0 Å². The van der Waals surface area contributed by atoms with E-state index in [1.54, 1.807) is 0 Å². The van der Waals surface area contributed by atoms with Gasteiger partial charge in [-0.25, -0.2) is 0 Å². The summed E-state index contributed by atoms with van der Waals surface area (Å²) in [4.78, 5) is 2.62. The fourth-order valence-electron chi connectivity index (χ4n) is 0.687. The highest BCUT2D eigenvalue weighted by molar-refractivity contribution is 4.45. The lowest BCUT2D eigenvalue weighted by atomic mass is 10.5. The molecule has 0 atom stereocenters. The molecule has 0 aliphatic rings. The van der Waals surface area contributed by atoms with E-state index < -0.39 is 0 Å². The standard InChI is InChI=1S/C7H16N4O2/c8-2-5-13-7-6-12-4-1-3-10-11-9/h1-8H2. The van der Waals surface area contributed by atoms with Crippen molar-refractivity contribution in [1.82, 2.24) is 0 Å². The van der Waals surface area contributed by atoms with E-state index >= 15 is 0 Å². The molecule has 0 aromatic rings. The molecule has 0 amide bonds. The zero-order chi connectivity index (χ0) is 9.78. The van der Waals surface area contributed by atoms with E-state index in [1.807, 2.05) is 0 Å². The van der Waals surface area contributed by atoms with E-state index in [1.165, 1.54) is 0 Å². The van der Waals surface area contributed by atoms with E-state index in [9.17, 15) is 0 Å². The SMILES string of the molecule is [N-]=[N+]=NCCCOCCOCCN. The third kappa shape index (κ3) is 11.2. The summed E-state index contributed by atoms with van der Waals surface area (Å²) in [6.07, 6.45) is 0.751. The number of hydrogen-bond donors (Lipinski definition) is 1. The Labute approximate surface area is 77.6 Å². The largest absolute Gasteiger partial charge is 0.379 e. The van der Waals surface area contributed by atoms with E-state index in [4.69, 9.17) is 20.7 Å². The van der Waals surface area contributed by atoms with Crippen LogP contribution in [0.2, 0.25) is 0 Å². The van der Waals surface area contributed by atoms with Crippen molar-refractivity contribution in [1.29, 1.82) is 0 Å². The van der Waals surface area contributed by atoms with Gasteiger partial charge in [0.05, 0.1) is 19.8 Å². The van der Waals surface area contributed by atoms with E-state index in [2.05, 4.69) is 10.0 Å². The maximum absolute atomic E-state index is 7.95. The van der Waals surface area contributed by atoms with E-state index in [-0.39, 0.29) is 0 Å². The molecule has 0 aliphatic heterocycles. The van der Waals surface area contributed by atoms with Gasteiger partial charge < -0.3 is 15.2 Å². The van der Waals surface area contributed by atoms with Crippen LogP contribution in [0, 0.1) is 0 Å². The van der Waals surface area contributed by atoms with Crippen LogP contribution in [0.1, 0.15) is 6.42 Å². The fraction of sp³-hybridized carbons (Fsp3) is 1.00. The lowest BCUT2D eigenvalue weighted by Gasteiger charge is -2.03. The van der Waals surface area contributed by atoms with E-state index in [0.717, 1.165) is 6.42 Å². The minimum Gasteiger partial charge on any atom is -0.379 e. The lowest BCUT2D eigenvalue weighted by molar-refractivity contribution is 0.0504. The van der Waals surface area contributed by atoms with Crippen LogP contribution in [0.5, 0.6) is 0 Å². The summed E-state index contributed by atoms with van der Waals surface area (Å²) in [7, 11) is 0. The molecule has 6 nitrogen and oxygen atoms in total. The summed E-state index contributed by atoms with van der Waals surface area (Å²) in [5.74, 6) is 0. The molecule has 0 saturated carbocycles. The zero-order valence-corrected chi connectivity index (χ0v) is 7.69. The third-order valence-corrected chi connectivity index (χ3v) is 1.24. The van der Waals surface area contributed by atoms with Crippen molar-refractivity contribution in [2.24, 2.45) is 10.8 Å². The Balaban J connectivity index is 2.87. The van der Waals surface area contributed by atoms with Gasteiger partial charge in [0.25, 0.3) is 0 Å². The van der Waals surface area contributed by atoms with Gasteiger partial charge in [0.2, 0.25) is 0 Å². The molecule has 0 spiro atoms. The van der Waals surface area contributed by atoms with Crippen LogP contribution in [0.15, 0.2) is 5.11 Å². The zero-order valence-electron chi connectivity index (χ0n) is 7.69. The highest BCUT2D eigenvalue weighted by Crippen LogP contribution is 1.85. The molecular formula is C7H16N4O2. The molecule has 0 bridgehead atoms. The molecule has 0 saturated heterocycles. The summed E-state index contributed by atoms with van der Waals surface area (Å²) in [6, 6.07) is 0. The summed E-state index contributed by atoms with van der Waals surface area (Å²) >= 11 is 0. The first-order valence-electron chi connectivity index (χ1n) is 4.28. The number of nitrogens with two attached hydrogens (primary N) is 1. The van der Waals surface area contributed by atoms with E-state index in [0.29, 0.717) is 39.5 Å². The van der Waals surface area contributed by atoms with Crippen LogP contribution in [-0.2, 0) is 9.47 Å². The summed E-state index contributed by atoms with van der Waals surface area (Å²) in [6.45, 7) is 3.33. The van der Waals surface area contributed by atoms with Crippen molar-refractivity contribution in [3.8, 4) is 0 Å². The minimum absolute atomic E-state index is 0.486. The van der Waals surface area contributed by atoms with Crippen LogP contribution >= 0.6 is 0 Å². The molecule has 0 rings (SSSR count). The molecule has 0 fully saturated rings. The Morgan fingerprint density at radius 3 is 2.46 bits per heavy atom. The number of ether oxygens (including phenoxy) is 2. The maximum Gasteiger partial charge on any atom is 0.0701 e. The third-order valence-electron chi connectivity index (χ3n) is 1.24. The quantitative estimate of drug-likeness (QED) is 0.249. The second-order valence-electron chi connectivity index (χ2n) is 2.32. The highest BCUT2D eigenvalue weighted by Gasteiger charge is 1.88. The smallest absolute Gasteiger partial charge is 0.0701 e. The van der Waals surface area contributed by atoms with Crippen LogP contribution in [-0.4, -0.2) is 39.5 Å². The highest BCUT2D eigenvalue weighted by atomic mass is 16.5. The fourth-order valence-corrected chi connectivity index (χ4v) is 0.687. The van der Waals surface area contributed by atoms with Gasteiger partial charge >= 0.3 is 0 Å². The molecule has 13 heavy (non-hydrogen) atoms. The summed E-state index contributed by atoms with van der Waals surface area (Å²) in [5, 5.41) is 3.37. The van der Waals surface area contributed by atoms with Crippen molar-refractivity contribution in [2.75, 3.05) is 39.5 Å². The predicted molar refractivity (Wildman–Crippen MR) is 49.3 cm³/mol. The normalized spacial score (nSPS) is 9.62. The second kappa shape index (κ2) is 11.2. The Bertz CT molecular complexity index is 147. The van der Waals surface area contributed by atoms with Gasteiger partial charge in [0.15, 0.2) is 0 Å². The monoisotopic (exact) mass is 188 g/mol. The molecule has 0 aromatic heterocycles. The molecule has 0 aromatic carbocycles. The predicted octanol–water partition coefficient (Wildman–Crippen LogP) is 0.679. The second-order valence-corrected chi connectivity index (χ2v) is 2.32. The Morgan fingerprint density at radius 1 is 1.15 bits per heavy atom. The van der Waals surface area contributed by atoms with Crippen molar-refractivity contribution < 1.29 is 9.47 Å². The lowest BCUT2D eigenvalue weighted by Crippen LogP contribution is -2.12. The van der Waals surface area contributed by atoms with Crippen LogP contribution < -0.4 is 5.73 Å². The number of azide groups is 1. The number of rotatable bonds is 9. The van der Waals surface area contributed by atoms with Crippen LogP contribution in [0.25, 0.3) is 10.4 Å². The molecule has 6 heteroatoms. The maximum atomic E-state index is 7.95. The summed E-state index contributed by atoms with van der Waals surface area (Å²) < 4.78 is 10.3. The van der Waals surface area contributed by atoms with Crippen molar-refractivity contribution in [3.05, 3.63) is 10.4 Å². The number of hydrogen-bond acceptors (Lipinski definition) is 4. The molecule has 0 heterocycles. The molecule has 0 aliphatic carbocycles. The number of nitrogens with zero attached hydrogens (tertiary/aromatic N) is 3. The van der Waals surface area contributed by atoms with Gasteiger partial charge in [0, 0.05) is 24.6 Å². The Hall–Kier alpha value is -0.810. The molecular weight excluding hydrogens is 172 g/mol. The van der Waals surface area contributed by atoms with Gasteiger partial charge in [-0.2, -0.15) is 0 Å². The summed E-state index contributed by atoms with van der Waals surface area (Å²) in [5.41, 5.74) is 13.2. The average Bonchev–Trinajstić information content (AvgIpc) is 2.16. The van der Waals surface area contributed by atoms with Crippen molar-refractivity contribution in [2.45, 2.75) is 6.42 Å². The van der Waals surface area contributed by atoms with Crippen molar-refractivity contribution in [3.63, 3.8) is 0 Å². The van der Waals surface area contributed by atoms with Crippen LogP contribution in [0.4, 0.5) is 0 Å². The minimum atomic E-state index is 0.486. The Morgan fingerprint density at radius 2 is 1.85 bits per heavy atom. The first-order valence-corrected chi connectivity index (χ1v) is 4.28. The van der Waals surface area contributed by atoms with Gasteiger partial charge in [-0.1, -0.05) is 5.11 Å². The average molecular weight is 188 g/mol. The van der Waals surface area contributed by atoms with Gasteiger partial charge in [-0.3, -0.25) is 0 Å². The van der Waals surface area contributed by atoms with Gasteiger partial charge in [-0.15, -0.1) is 0 Å². The first kappa shape index (κ1) is 12.2. The molecule has 2 N–H and O–H groups in total. The topological polar surface area (TPSA) is 93.2 Å². The first-order chi connectivity index (χ1) is 6.41. The molecule has 76 valence electrons. The van der Waals surface area contributed by atoms with Gasteiger partial charge in [-0.05, 0) is 12.0 Å².